The number of halogens is 1. The number of nitrogens with zero attached hydrogens (tertiary/aromatic N) is 4. The van der Waals surface area contributed by atoms with Crippen molar-refractivity contribution in [1.82, 2.24) is 14.8 Å². The summed E-state index contributed by atoms with van der Waals surface area (Å²) in [5.41, 5.74) is 0. The first kappa shape index (κ1) is 10.0. The van der Waals surface area contributed by atoms with Gasteiger partial charge in [-0.2, -0.15) is 0 Å². The van der Waals surface area contributed by atoms with E-state index in [0.717, 1.165) is 3.57 Å². The third-order valence-corrected chi connectivity index (χ3v) is 2.38. The first-order chi connectivity index (χ1) is 7.16. The molecule has 2 rings (SSSR count). The summed E-state index contributed by atoms with van der Waals surface area (Å²) >= 11 is 2.14. The van der Waals surface area contributed by atoms with Gasteiger partial charge in [0.05, 0.1) is 17.4 Å². The van der Waals surface area contributed by atoms with Crippen LogP contribution in [0.5, 0.6) is 0 Å². The minimum atomic E-state index is -0.537. The fourth-order valence-electron chi connectivity index (χ4n) is 1.06. The second-order valence-electron chi connectivity index (χ2n) is 2.71. The highest BCUT2D eigenvalue weighted by atomic mass is 127. The molecule has 0 aliphatic rings. The van der Waals surface area contributed by atoms with E-state index >= 15 is 0 Å². The van der Waals surface area contributed by atoms with Crippen LogP contribution in [0.3, 0.4) is 0 Å². The summed E-state index contributed by atoms with van der Waals surface area (Å²) in [7, 11) is 0. The van der Waals surface area contributed by atoms with Gasteiger partial charge in [-0.3, -0.25) is 0 Å². The molecule has 0 spiro atoms. The molecular formula is C8H5IN4O2. The molecule has 7 heteroatoms. The minimum absolute atomic E-state index is 0.185. The van der Waals surface area contributed by atoms with Crippen LogP contribution in [-0.2, 0) is 0 Å². The van der Waals surface area contributed by atoms with Crippen LogP contribution in [0.15, 0.2) is 30.6 Å². The van der Waals surface area contributed by atoms with Crippen molar-refractivity contribution in [2.75, 3.05) is 0 Å². The molecule has 0 amide bonds. The third kappa shape index (κ3) is 2.12. The molecule has 2 aromatic rings. The Balaban J connectivity index is 2.41. The maximum Gasteiger partial charge on any atom is 0.390 e. The Labute approximate surface area is 98.2 Å². The second kappa shape index (κ2) is 3.93. The SMILES string of the molecule is O=[N+]([O-])c1ccn(-c2cc(I)ccn2)n1. The second-order valence-corrected chi connectivity index (χ2v) is 3.95. The van der Waals surface area contributed by atoms with Crippen LogP contribution in [0, 0.1) is 13.7 Å². The van der Waals surface area contributed by atoms with Gasteiger partial charge in [0, 0.05) is 9.77 Å². The monoisotopic (exact) mass is 316 g/mol. The maximum absolute atomic E-state index is 10.4. The molecule has 76 valence electrons. The van der Waals surface area contributed by atoms with Crippen molar-refractivity contribution in [2.45, 2.75) is 0 Å². The highest BCUT2D eigenvalue weighted by Gasteiger charge is 2.12. The summed E-state index contributed by atoms with van der Waals surface area (Å²) in [5.74, 6) is 0.380. The largest absolute Gasteiger partial charge is 0.390 e. The lowest BCUT2D eigenvalue weighted by Crippen LogP contribution is -1.99. The van der Waals surface area contributed by atoms with E-state index in [4.69, 9.17) is 0 Å². The van der Waals surface area contributed by atoms with Crippen molar-refractivity contribution in [3.8, 4) is 5.82 Å². The Morgan fingerprint density at radius 2 is 2.27 bits per heavy atom. The van der Waals surface area contributed by atoms with Crippen LogP contribution >= 0.6 is 22.6 Å². The van der Waals surface area contributed by atoms with Crippen LogP contribution in [0.25, 0.3) is 5.82 Å². The molecule has 0 N–H and O–H groups in total. The molecule has 0 unspecified atom stereocenters. The fraction of sp³-hybridized carbons (Fsp3) is 0. The Morgan fingerprint density at radius 1 is 1.47 bits per heavy atom. The van der Waals surface area contributed by atoms with Crippen molar-refractivity contribution in [3.63, 3.8) is 0 Å². The highest BCUT2D eigenvalue weighted by molar-refractivity contribution is 14.1. The van der Waals surface area contributed by atoms with Crippen molar-refractivity contribution < 1.29 is 4.92 Å². The predicted octanol–water partition coefficient (Wildman–Crippen LogP) is 1.78. The van der Waals surface area contributed by atoms with Crippen LogP contribution in [0.4, 0.5) is 5.82 Å². The topological polar surface area (TPSA) is 73.8 Å². The normalized spacial score (nSPS) is 10.2. The molecule has 2 aromatic heterocycles. The molecule has 0 aromatic carbocycles. The molecule has 0 aliphatic heterocycles. The molecule has 15 heavy (non-hydrogen) atoms. The van der Waals surface area contributed by atoms with Crippen LogP contribution in [0.2, 0.25) is 0 Å². The zero-order valence-electron chi connectivity index (χ0n) is 7.37. The zero-order valence-corrected chi connectivity index (χ0v) is 9.53. The van der Waals surface area contributed by atoms with Gasteiger partial charge in [0.15, 0.2) is 5.82 Å². The van der Waals surface area contributed by atoms with Gasteiger partial charge in [-0.15, -0.1) is 4.68 Å². The quantitative estimate of drug-likeness (QED) is 0.481. The fourth-order valence-corrected chi connectivity index (χ4v) is 1.50. The van der Waals surface area contributed by atoms with E-state index in [1.165, 1.54) is 16.9 Å². The Bertz CT molecular complexity index is 511. The van der Waals surface area contributed by atoms with Gasteiger partial charge >= 0.3 is 5.82 Å². The zero-order chi connectivity index (χ0) is 10.8. The van der Waals surface area contributed by atoms with Gasteiger partial charge in [0.2, 0.25) is 0 Å². The van der Waals surface area contributed by atoms with Gasteiger partial charge in [0.1, 0.15) is 0 Å². The molecular weight excluding hydrogens is 311 g/mol. The lowest BCUT2D eigenvalue weighted by Gasteiger charge is -1.95. The smallest absolute Gasteiger partial charge is 0.358 e. The van der Waals surface area contributed by atoms with Gasteiger partial charge in [0.25, 0.3) is 0 Å². The first-order valence-electron chi connectivity index (χ1n) is 3.99. The average molecular weight is 316 g/mol. The standard InChI is InChI=1S/C8H5IN4O2/c9-6-1-3-10-8(5-6)12-4-2-7(11-12)13(14)15/h1-5H. The molecule has 0 saturated carbocycles. The van der Waals surface area contributed by atoms with Gasteiger partial charge in [-0.05, 0) is 39.6 Å². The Kier molecular flexibility index (Phi) is 2.62. The molecule has 0 radical (unpaired) electrons. The summed E-state index contributed by atoms with van der Waals surface area (Å²) < 4.78 is 2.37. The molecule has 0 bridgehead atoms. The molecule has 0 atom stereocenters. The van der Waals surface area contributed by atoms with E-state index in [9.17, 15) is 10.1 Å². The third-order valence-electron chi connectivity index (χ3n) is 1.70. The summed E-state index contributed by atoms with van der Waals surface area (Å²) in [6.07, 6.45) is 3.14. The van der Waals surface area contributed by atoms with E-state index in [2.05, 4.69) is 32.7 Å². The minimum Gasteiger partial charge on any atom is -0.358 e. The van der Waals surface area contributed by atoms with Crippen molar-refractivity contribution in [3.05, 3.63) is 44.3 Å². The number of hydrogen-bond acceptors (Lipinski definition) is 4. The molecule has 2 heterocycles. The van der Waals surface area contributed by atoms with Crippen LogP contribution in [-0.4, -0.2) is 19.7 Å². The maximum atomic E-state index is 10.4. The number of hydrogen-bond donors (Lipinski definition) is 0. The van der Waals surface area contributed by atoms with Gasteiger partial charge in [-0.25, -0.2) is 4.98 Å². The van der Waals surface area contributed by atoms with E-state index in [1.54, 1.807) is 12.3 Å². The lowest BCUT2D eigenvalue weighted by atomic mass is 10.5. The summed E-state index contributed by atoms with van der Waals surface area (Å²) in [6, 6.07) is 4.96. The van der Waals surface area contributed by atoms with E-state index in [-0.39, 0.29) is 5.82 Å². The number of aromatic nitrogens is 3. The molecule has 0 saturated heterocycles. The van der Waals surface area contributed by atoms with Crippen LogP contribution in [0.1, 0.15) is 0 Å². The van der Waals surface area contributed by atoms with Crippen LogP contribution < -0.4 is 0 Å². The average Bonchev–Trinajstić information content (AvgIpc) is 2.66. The predicted molar refractivity (Wildman–Crippen MR) is 60.7 cm³/mol. The number of pyridine rings is 1. The van der Waals surface area contributed by atoms with Gasteiger partial charge in [-0.1, -0.05) is 0 Å². The summed E-state index contributed by atoms with van der Waals surface area (Å²) in [6.45, 7) is 0. The molecule has 0 aliphatic carbocycles. The summed E-state index contributed by atoms with van der Waals surface area (Å²) in [4.78, 5) is 13.9. The summed E-state index contributed by atoms with van der Waals surface area (Å²) in [5, 5.41) is 14.2. The first-order valence-corrected chi connectivity index (χ1v) is 5.07. The van der Waals surface area contributed by atoms with Crippen molar-refractivity contribution in [1.29, 1.82) is 0 Å². The van der Waals surface area contributed by atoms with E-state index < -0.39 is 4.92 Å². The van der Waals surface area contributed by atoms with E-state index in [0.29, 0.717) is 5.82 Å². The number of nitro groups is 1. The van der Waals surface area contributed by atoms with E-state index in [1.807, 2.05) is 6.07 Å². The Morgan fingerprint density at radius 3 is 2.87 bits per heavy atom. The van der Waals surface area contributed by atoms with Crippen molar-refractivity contribution >= 4 is 28.4 Å². The number of rotatable bonds is 2. The lowest BCUT2D eigenvalue weighted by molar-refractivity contribution is -0.389. The Hall–Kier alpha value is -1.51. The highest BCUT2D eigenvalue weighted by Crippen LogP contribution is 2.12. The molecule has 0 fully saturated rings. The molecule has 6 nitrogen and oxygen atoms in total. The van der Waals surface area contributed by atoms with Gasteiger partial charge < -0.3 is 10.1 Å². The van der Waals surface area contributed by atoms with Crippen molar-refractivity contribution in [2.24, 2.45) is 0 Å².